The van der Waals surface area contributed by atoms with E-state index in [0.717, 1.165) is 13.0 Å². The van der Waals surface area contributed by atoms with Crippen LogP contribution >= 0.6 is 0 Å². The Morgan fingerprint density at radius 1 is 1.25 bits per heavy atom. The van der Waals surface area contributed by atoms with Crippen LogP contribution in [0.1, 0.15) is 47.0 Å². The van der Waals surface area contributed by atoms with Crippen LogP contribution in [0, 0.1) is 11.8 Å². The fourth-order valence-electron chi connectivity index (χ4n) is 1.87. The number of nitrogens with one attached hydrogen (secondary N) is 2. The summed E-state index contributed by atoms with van der Waals surface area (Å²) >= 11 is 0. The van der Waals surface area contributed by atoms with E-state index < -0.39 is 0 Å². The summed E-state index contributed by atoms with van der Waals surface area (Å²) in [5.41, 5.74) is 0. The van der Waals surface area contributed by atoms with Crippen molar-refractivity contribution in [1.82, 2.24) is 10.6 Å². The maximum absolute atomic E-state index is 11.6. The summed E-state index contributed by atoms with van der Waals surface area (Å²) in [5.74, 6) is 1.29. The molecule has 0 aromatic carbocycles. The van der Waals surface area contributed by atoms with E-state index in [0.29, 0.717) is 11.8 Å². The molecular weight excluding hydrogens is 200 g/mol. The molecule has 0 aliphatic carbocycles. The second-order valence-electron chi connectivity index (χ2n) is 5.10. The summed E-state index contributed by atoms with van der Waals surface area (Å²) in [6.07, 6.45) is 3.32. The molecule has 0 radical (unpaired) electrons. The molecule has 2 unspecified atom stereocenters. The molecule has 96 valence electrons. The standard InChI is InChI=1S/C13H28N2O/c1-6-7-11(4)9-15-12(8-10(2)3)13(16)14-5/h10-12,15H,6-9H2,1-5H3,(H,14,16). The molecule has 0 spiro atoms. The highest BCUT2D eigenvalue weighted by Gasteiger charge is 2.18. The minimum absolute atomic E-state index is 0.0377. The zero-order chi connectivity index (χ0) is 12.6. The minimum Gasteiger partial charge on any atom is -0.358 e. The van der Waals surface area contributed by atoms with Crippen LogP contribution in [0.3, 0.4) is 0 Å². The van der Waals surface area contributed by atoms with Gasteiger partial charge in [-0.05, 0) is 31.2 Å². The third-order valence-corrected chi connectivity index (χ3v) is 2.76. The lowest BCUT2D eigenvalue weighted by molar-refractivity contribution is -0.123. The fourth-order valence-corrected chi connectivity index (χ4v) is 1.87. The number of carbonyl (C=O) groups is 1. The molecule has 0 aliphatic heterocycles. The number of rotatable bonds is 8. The molecule has 0 aromatic rings. The molecule has 0 fully saturated rings. The number of amides is 1. The summed E-state index contributed by atoms with van der Waals surface area (Å²) in [4.78, 5) is 11.6. The Balaban J connectivity index is 4.05. The summed E-state index contributed by atoms with van der Waals surface area (Å²) in [7, 11) is 1.70. The Kier molecular flexibility index (Phi) is 8.26. The topological polar surface area (TPSA) is 41.1 Å². The largest absolute Gasteiger partial charge is 0.358 e. The summed E-state index contributed by atoms with van der Waals surface area (Å²) < 4.78 is 0. The molecule has 3 nitrogen and oxygen atoms in total. The van der Waals surface area contributed by atoms with Gasteiger partial charge in [-0.25, -0.2) is 0 Å². The second-order valence-corrected chi connectivity index (χ2v) is 5.10. The van der Waals surface area contributed by atoms with Crippen LogP contribution in [0.5, 0.6) is 0 Å². The second kappa shape index (κ2) is 8.57. The molecule has 0 saturated heterocycles. The van der Waals surface area contributed by atoms with Crippen LogP contribution in [0.2, 0.25) is 0 Å². The highest BCUT2D eigenvalue weighted by molar-refractivity contribution is 5.81. The Bertz CT molecular complexity index is 192. The number of hydrogen-bond acceptors (Lipinski definition) is 2. The van der Waals surface area contributed by atoms with E-state index in [9.17, 15) is 4.79 Å². The van der Waals surface area contributed by atoms with Crippen molar-refractivity contribution in [2.24, 2.45) is 11.8 Å². The molecule has 3 heteroatoms. The van der Waals surface area contributed by atoms with Crippen molar-refractivity contribution in [3.63, 3.8) is 0 Å². The maximum Gasteiger partial charge on any atom is 0.236 e. The minimum atomic E-state index is -0.0377. The van der Waals surface area contributed by atoms with Crippen molar-refractivity contribution in [2.45, 2.75) is 53.0 Å². The normalized spacial score (nSPS) is 14.9. The molecule has 0 heterocycles. The fraction of sp³-hybridized carbons (Fsp3) is 0.923. The lowest BCUT2D eigenvalue weighted by atomic mass is 10.0. The van der Waals surface area contributed by atoms with Crippen molar-refractivity contribution in [3.8, 4) is 0 Å². The third kappa shape index (κ3) is 6.83. The monoisotopic (exact) mass is 228 g/mol. The van der Waals surface area contributed by atoms with Crippen molar-refractivity contribution < 1.29 is 4.79 Å². The molecule has 0 saturated carbocycles. The van der Waals surface area contributed by atoms with Crippen LogP contribution in [-0.2, 0) is 4.79 Å². The van der Waals surface area contributed by atoms with Gasteiger partial charge in [0.05, 0.1) is 6.04 Å². The Hall–Kier alpha value is -0.570. The zero-order valence-corrected chi connectivity index (χ0v) is 11.5. The van der Waals surface area contributed by atoms with Gasteiger partial charge in [0.2, 0.25) is 5.91 Å². The van der Waals surface area contributed by atoms with E-state index >= 15 is 0 Å². The van der Waals surface area contributed by atoms with Gasteiger partial charge in [-0.3, -0.25) is 4.79 Å². The quantitative estimate of drug-likeness (QED) is 0.668. The van der Waals surface area contributed by atoms with Crippen LogP contribution in [-0.4, -0.2) is 25.5 Å². The summed E-state index contributed by atoms with van der Waals surface area (Å²) in [5, 5.41) is 6.10. The first-order chi connectivity index (χ1) is 7.51. The van der Waals surface area contributed by atoms with Gasteiger partial charge in [0.1, 0.15) is 0 Å². The van der Waals surface area contributed by atoms with Crippen molar-refractivity contribution in [2.75, 3.05) is 13.6 Å². The lowest BCUT2D eigenvalue weighted by Gasteiger charge is -2.21. The van der Waals surface area contributed by atoms with Crippen LogP contribution in [0.15, 0.2) is 0 Å². The molecule has 2 N–H and O–H groups in total. The van der Waals surface area contributed by atoms with Crippen LogP contribution in [0.4, 0.5) is 0 Å². The molecule has 1 amide bonds. The first kappa shape index (κ1) is 15.4. The van der Waals surface area contributed by atoms with Gasteiger partial charge in [-0.15, -0.1) is 0 Å². The average molecular weight is 228 g/mol. The predicted octanol–water partition coefficient (Wildman–Crippen LogP) is 2.17. The zero-order valence-electron chi connectivity index (χ0n) is 11.5. The molecule has 0 aliphatic rings. The molecule has 2 atom stereocenters. The van der Waals surface area contributed by atoms with Crippen LogP contribution < -0.4 is 10.6 Å². The number of likely N-dealkylation sites (N-methyl/N-ethyl adjacent to an activating group) is 1. The van der Waals surface area contributed by atoms with Gasteiger partial charge >= 0.3 is 0 Å². The van der Waals surface area contributed by atoms with Crippen LogP contribution in [0.25, 0.3) is 0 Å². The molecule has 0 rings (SSSR count). The first-order valence-electron chi connectivity index (χ1n) is 6.46. The Morgan fingerprint density at radius 2 is 1.88 bits per heavy atom. The highest BCUT2D eigenvalue weighted by Crippen LogP contribution is 2.07. The summed E-state index contributed by atoms with van der Waals surface area (Å²) in [6, 6.07) is -0.0377. The third-order valence-electron chi connectivity index (χ3n) is 2.76. The molecule has 0 bridgehead atoms. The van der Waals surface area contributed by atoms with E-state index in [4.69, 9.17) is 0 Å². The van der Waals surface area contributed by atoms with Gasteiger partial charge in [-0.2, -0.15) is 0 Å². The predicted molar refractivity (Wildman–Crippen MR) is 69.4 cm³/mol. The van der Waals surface area contributed by atoms with E-state index in [1.165, 1.54) is 12.8 Å². The van der Waals surface area contributed by atoms with Gasteiger partial charge in [-0.1, -0.05) is 34.1 Å². The summed E-state index contributed by atoms with van der Waals surface area (Å²) in [6.45, 7) is 9.65. The van der Waals surface area contributed by atoms with Gasteiger partial charge in [0.25, 0.3) is 0 Å². The smallest absolute Gasteiger partial charge is 0.236 e. The van der Waals surface area contributed by atoms with Gasteiger partial charge in [0, 0.05) is 7.05 Å². The van der Waals surface area contributed by atoms with Crippen molar-refractivity contribution in [1.29, 1.82) is 0 Å². The van der Waals surface area contributed by atoms with E-state index in [1.807, 2.05) is 0 Å². The van der Waals surface area contributed by atoms with E-state index in [1.54, 1.807) is 7.05 Å². The highest BCUT2D eigenvalue weighted by atomic mass is 16.2. The molecule has 0 aromatic heterocycles. The van der Waals surface area contributed by atoms with E-state index in [2.05, 4.69) is 38.3 Å². The van der Waals surface area contributed by atoms with E-state index in [-0.39, 0.29) is 11.9 Å². The number of hydrogen-bond donors (Lipinski definition) is 2. The first-order valence-corrected chi connectivity index (χ1v) is 6.46. The Labute approximate surface area is 100 Å². The maximum atomic E-state index is 11.6. The van der Waals surface area contributed by atoms with Gasteiger partial charge in [0.15, 0.2) is 0 Å². The lowest BCUT2D eigenvalue weighted by Crippen LogP contribution is -2.45. The molecule has 16 heavy (non-hydrogen) atoms. The van der Waals surface area contributed by atoms with Crippen molar-refractivity contribution in [3.05, 3.63) is 0 Å². The SMILES string of the molecule is CCCC(C)CNC(CC(C)C)C(=O)NC. The Morgan fingerprint density at radius 3 is 2.31 bits per heavy atom. The number of carbonyl (C=O) groups excluding carboxylic acids is 1. The van der Waals surface area contributed by atoms with Gasteiger partial charge < -0.3 is 10.6 Å². The molecular formula is C13H28N2O. The average Bonchev–Trinajstić information content (AvgIpc) is 2.23. The van der Waals surface area contributed by atoms with Crippen molar-refractivity contribution >= 4 is 5.91 Å².